The predicted molar refractivity (Wildman–Crippen MR) is 91.1 cm³/mol. The van der Waals surface area contributed by atoms with Crippen molar-refractivity contribution < 1.29 is 4.79 Å². The van der Waals surface area contributed by atoms with Gasteiger partial charge in [-0.25, -0.2) is 0 Å². The van der Waals surface area contributed by atoms with Crippen LogP contribution in [0.4, 0.5) is 0 Å². The third-order valence-corrected chi connectivity index (χ3v) is 3.38. The van der Waals surface area contributed by atoms with E-state index in [1.807, 2.05) is 26.8 Å². The van der Waals surface area contributed by atoms with Crippen LogP contribution in [-0.2, 0) is 6.42 Å². The van der Waals surface area contributed by atoms with E-state index in [9.17, 15) is 4.79 Å². The minimum atomic E-state index is -0.0981. The van der Waals surface area contributed by atoms with Gasteiger partial charge in [-0.1, -0.05) is 18.9 Å². The van der Waals surface area contributed by atoms with Crippen LogP contribution in [0.25, 0.3) is 0 Å². The molecule has 0 spiro atoms. The number of allylic oxidation sites excluding steroid dienone is 1. The van der Waals surface area contributed by atoms with Crippen LogP contribution in [0, 0.1) is 0 Å². The van der Waals surface area contributed by atoms with Gasteiger partial charge in [0, 0.05) is 29.7 Å². The number of aryl methyl sites for hydroxylation is 1. The molecule has 5 nitrogen and oxygen atoms in total. The first-order valence-electron chi connectivity index (χ1n) is 7.60. The Bertz CT molecular complexity index is 572. The molecule has 1 aromatic heterocycles. The minimum Gasteiger partial charge on any atom is -0.348 e. The number of nitrogens with one attached hydrogen (secondary N) is 1. The molecule has 0 atom stereocenters. The van der Waals surface area contributed by atoms with Crippen LogP contribution in [0.3, 0.4) is 0 Å². The third kappa shape index (κ3) is 5.41. The van der Waals surface area contributed by atoms with Crippen molar-refractivity contribution in [3.8, 4) is 0 Å². The first kappa shape index (κ1) is 18.0. The van der Waals surface area contributed by atoms with Gasteiger partial charge in [0.15, 0.2) is 0 Å². The van der Waals surface area contributed by atoms with Crippen molar-refractivity contribution in [1.29, 1.82) is 0 Å². The van der Waals surface area contributed by atoms with E-state index in [-0.39, 0.29) is 12.6 Å². The van der Waals surface area contributed by atoms with Crippen molar-refractivity contribution in [2.24, 2.45) is 10.7 Å². The summed E-state index contributed by atoms with van der Waals surface area (Å²) in [5, 5.41) is 2.94. The van der Waals surface area contributed by atoms with Gasteiger partial charge in [-0.2, -0.15) is 0 Å². The van der Waals surface area contributed by atoms with Gasteiger partial charge in [-0.15, -0.1) is 0 Å². The fraction of sp³-hybridized carbons (Fsp3) is 0.471. The molecule has 0 aromatic carbocycles. The second-order valence-corrected chi connectivity index (χ2v) is 5.37. The van der Waals surface area contributed by atoms with E-state index in [2.05, 4.69) is 22.2 Å². The summed E-state index contributed by atoms with van der Waals surface area (Å²) in [7, 11) is 0. The molecule has 22 heavy (non-hydrogen) atoms. The Kier molecular flexibility index (Phi) is 7.46. The van der Waals surface area contributed by atoms with Crippen molar-refractivity contribution in [1.82, 2.24) is 10.3 Å². The van der Waals surface area contributed by atoms with Crippen LogP contribution in [0.1, 0.15) is 50.2 Å². The van der Waals surface area contributed by atoms with Crippen LogP contribution in [-0.4, -0.2) is 29.8 Å². The smallest absolute Gasteiger partial charge is 0.251 e. The number of nitrogens with zero attached hydrogens (tertiary/aromatic N) is 2. The predicted octanol–water partition coefficient (Wildman–Crippen LogP) is 2.48. The molecule has 1 heterocycles. The molecule has 1 aromatic rings. The Hall–Kier alpha value is -2.01. The molecule has 0 radical (unpaired) electrons. The molecule has 0 unspecified atom stereocenters. The lowest BCUT2D eigenvalue weighted by Gasteiger charge is -2.12. The number of aromatic nitrogens is 1. The molecule has 5 heteroatoms. The van der Waals surface area contributed by atoms with E-state index in [1.54, 1.807) is 12.3 Å². The zero-order valence-electron chi connectivity index (χ0n) is 13.9. The highest BCUT2D eigenvalue weighted by Crippen LogP contribution is 2.07. The van der Waals surface area contributed by atoms with Crippen LogP contribution in [0.15, 0.2) is 34.5 Å². The van der Waals surface area contributed by atoms with E-state index in [4.69, 9.17) is 5.73 Å². The summed E-state index contributed by atoms with van der Waals surface area (Å²) >= 11 is 0. The monoisotopic (exact) mass is 302 g/mol. The van der Waals surface area contributed by atoms with Crippen molar-refractivity contribution >= 4 is 11.6 Å². The van der Waals surface area contributed by atoms with Gasteiger partial charge < -0.3 is 11.1 Å². The Morgan fingerprint density at radius 2 is 2.09 bits per heavy atom. The number of nitrogens with two attached hydrogens (primary N) is 1. The summed E-state index contributed by atoms with van der Waals surface area (Å²) < 4.78 is 0. The SMILES string of the molecule is CCCc1cc(C(=O)NCC(C(C)=NCN)=C(C)C)ccn1. The molecule has 1 amide bonds. The van der Waals surface area contributed by atoms with Crippen molar-refractivity contribution in [3.05, 3.63) is 40.7 Å². The lowest BCUT2D eigenvalue weighted by molar-refractivity contribution is 0.0957. The number of hydrogen-bond donors (Lipinski definition) is 2. The number of amides is 1. The molecule has 3 N–H and O–H groups in total. The summed E-state index contributed by atoms with van der Waals surface area (Å²) in [6.45, 7) is 8.71. The molecule has 1 rings (SSSR count). The highest BCUT2D eigenvalue weighted by atomic mass is 16.1. The maximum absolute atomic E-state index is 12.3. The lowest BCUT2D eigenvalue weighted by Crippen LogP contribution is -2.28. The van der Waals surface area contributed by atoms with Crippen molar-refractivity contribution in [2.45, 2.75) is 40.5 Å². The average molecular weight is 302 g/mol. The number of pyridine rings is 1. The van der Waals surface area contributed by atoms with Gasteiger partial charge in [-0.05, 0) is 44.9 Å². The number of hydrogen-bond acceptors (Lipinski definition) is 4. The Morgan fingerprint density at radius 1 is 1.36 bits per heavy atom. The molecular formula is C17H26N4O. The standard InChI is InChI=1S/C17H26N4O/c1-5-6-15-9-14(7-8-19-15)17(22)20-10-16(12(2)3)13(4)21-11-18/h7-9H,5-6,10-11,18H2,1-4H3,(H,20,22). The molecular weight excluding hydrogens is 276 g/mol. The quantitative estimate of drug-likeness (QED) is 0.759. The molecule has 0 fully saturated rings. The van der Waals surface area contributed by atoms with E-state index < -0.39 is 0 Å². The zero-order chi connectivity index (χ0) is 16.5. The number of rotatable bonds is 7. The zero-order valence-corrected chi connectivity index (χ0v) is 13.9. The Balaban J connectivity index is 2.78. The summed E-state index contributed by atoms with van der Waals surface area (Å²) in [5.74, 6) is -0.0981. The third-order valence-electron chi connectivity index (χ3n) is 3.38. The Morgan fingerprint density at radius 3 is 2.68 bits per heavy atom. The van der Waals surface area contributed by atoms with Gasteiger partial charge in [0.25, 0.3) is 5.91 Å². The molecule has 0 saturated heterocycles. The fourth-order valence-electron chi connectivity index (χ4n) is 2.18. The second-order valence-electron chi connectivity index (χ2n) is 5.37. The average Bonchev–Trinajstić information content (AvgIpc) is 2.48. The number of carbonyl (C=O) groups is 1. The first-order valence-corrected chi connectivity index (χ1v) is 7.60. The van der Waals surface area contributed by atoms with E-state index in [0.29, 0.717) is 12.1 Å². The van der Waals surface area contributed by atoms with Crippen LogP contribution in [0.2, 0.25) is 0 Å². The molecule has 120 valence electrons. The fourth-order valence-corrected chi connectivity index (χ4v) is 2.18. The van der Waals surface area contributed by atoms with Crippen LogP contribution < -0.4 is 11.1 Å². The van der Waals surface area contributed by atoms with Crippen LogP contribution >= 0.6 is 0 Å². The summed E-state index contributed by atoms with van der Waals surface area (Å²) in [6.07, 6.45) is 3.57. The molecule has 0 aliphatic heterocycles. The molecule has 0 aliphatic rings. The lowest BCUT2D eigenvalue weighted by atomic mass is 10.1. The maximum atomic E-state index is 12.3. The number of carbonyl (C=O) groups excluding carboxylic acids is 1. The van der Waals surface area contributed by atoms with Gasteiger partial charge >= 0.3 is 0 Å². The molecule has 0 bridgehead atoms. The summed E-state index contributed by atoms with van der Waals surface area (Å²) in [5.41, 5.74) is 10.0. The van der Waals surface area contributed by atoms with Gasteiger partial charge in [-0.3, -0.25) is 14.8 Å². The molecule has 0 aliphatic carbocycles. The topological polar surface area (TPSA) is 80.4 Å². The second kappa shape index (κ2) is 9.10. The maximum Gasteiger partial charge on any atom is 0.251 e. The van der Waals surface area contributed by atoms with E-state index >= 15 is 0 Å². The van der Waals surface area contributed by atoms with E-state index in [1.165, 1.54) is 0 Å². The highest BCUT2D eigenvalue weighted by molar-refractivity contribution is 6.00. The minimum absolute atomic E-state index is 0.0981. The number of aliphatic imine (C=N–C) groups is 1. The van der Waals surface area contributed by atoms with E-state index in [0.717, 1.165) is 35.4 Å². The summed E-state index contributed by atoms with van der Waals surface area (Å²) in [4.78, 5) is 20.8. The summed E-state index contributed by atoms with van der Waals surface area (Å²) in [6, 6.07) is 3.58. The van der Waals surface area contributed by atoms with Crippen molar-refractivity contribution in [3.63, 3.8) is 0 Å². The van der Waals surface area contributed by atoms with Gasteiger partial charge in [0.2, 0.25) is 0 Å². The normalized spacial score (nSPS) is 11.2. The van der Waals surface area contributed by atoms with Gasteiger partial charge in [0.1, 0.15) is 0 Å². The highest BCUT2D eigenvalue weighted by Gasteiger charge is 2.10. The van der Waals surface area contributed by atoms with Gasteiger partial charge in [0.05, 0.1) is 6.67 Å². The first-order chi connectivity index (χ1) is 10.5. The van der Waals surface area contributed by atoms with Crippen LogP contribution in [0.5, 0.6) is 0 Å². The molecule has 0 saturated carbocycles. The Labute approximate surface area is 132 Å². The van der Waals surface area contributed by atoms with Crippen molar-refractivity contribution in [2.75, 3.05) is 13.2 Å². The largest absolute Gasteiger partial charge is 0.348 e.